The van der Waals surface area contributed by atoms with E-state index in [1.807, 2.05) is 0 Å². The van der Waals surface area contributed by atoms with E-state index in [4.69, 9.17) is 34.0 Å². The highest BCUT2D eigenvalue weighted by atomic mass is 35.5. The second-order valence-corrected chi connectivity index (χ2v) is 3.83. The summed E-state index contributed by atoms with van der Waals surface area (Å²) < 4.78 is 26.1. The molecule has 0 amide bonds. The van der Waals surface area contributed by atoms with Crippen LogP contribution in [0.3, 0.4) is 0 Å². The summed E-state index contributed by atoms with van der Waals surface area (Å²) in [4.78, 5) is 0. The lowest BCUT2D eigenvalue weighted by Gasteiger charge is -2.22. The van der Waals surface area contributed by atoms with Crippen LogP contribution in [-0.4, -0.2) is 17.6 Å². The average Bonchev–Trinajstić information content (AvgIpc) is 2.21. The first-order valence-electron chi connectivity index (χ1n) is 4.08. The highest BCUT2D eigenvalue weighted by Crippen LogP contribution is 2.35. The number of nitrogens with two attached hydrogens (primary N) is 1. The maximum absolute atomic E-state index is 13.1. The fourth-order valence-electron chi connectivity index (χ4n) is 1.09. The summed E-state index contributed by atoms with van der Waals surface area (Å²) in [7, 11) is 0. The Hall–Kier alpha value is -0.130. The van der Waals surface area contributed by atoms with Crippen LogP contribution in [0.25, 0.3) is 0 Å². The van der Waals surface area contributed by atoms with Crippen LogP contribution < -0.4 is 5.73 Å². The predicted molar refractivity (Wildman–Crippen MR) is 62.7 cm³/mol. The van der Waals surface area contributed by atoms with Crippen LogP contribution in [0.15, 0.2) is 18.2 Å². The molecule has 0 aromatic heterocycles. The van der Waals surface area contributed by atoms with Crippen molar-refractivity contribution in [3.63, 3.8) is 0 Å². The summed E-state index contributed by atoms with van der Waals surface area (Å²) in [5, 5.41) is 8.62. The zero-order valence-electron chi connectivity index (χ0n) is 7.96. The minimum atomic E-state index is -3.42. The second-order valence-electron chi connectivity index (χ2n) is 3.04. The number of alkyl halides is 2. The molecule has 2 nitrogen and oxygen atoms in total. The molecule has 1 aromatic carbocycles. The molecule has 7 heteroatoms. The fourth-order valence-corrected chi connectivity index (χ4v) is 1.51. The van der Waals surface area contributed by atoms with Crippen molar-refractivity contribution in [1.29, 1.82) is 0 Å². The SMILES string of the molecule is Cl.N[C@@H](c1cccc(Cl)c1Cl)C(F)(F)CO. The molecule has 0 unspecified atom stereocenters. The number of hydrogen-bond acceptors (Lipinski definition) is 2. The molecule has 0 aliphatic rings. The molecule has 16 heavy (non-hydrogen) atoms. The zero-order valence-corrected chi connectivity index (χ0v) is 10.3. The van der Waals surface area contributed by atoms with Crippen molar-refractivity contribution in [2.45, 2.75) is 12.0 Å². The quantitative estimate of drug-likeness (QED) is 0.899. The predicted octanol–water partition coefficient (Wildman–Crippen LogP) is 3.04. The van der Waals surface area contributed by atoms with Crippen LogP contribution in [0.1, 0.15) is 11.6 Å². The maximum atomic E-state index is 13.1. The van der Waals surface area contributed by atoms with Gasteiger partial charge in [0, 0.05) is 0 Å². The molecule has 0 spiro atoms. The van der Waals surface area contributed by atoms with Crippen molar-refractivity contribution in [1.82, 2.24) is 0 Å². The molecular formula is C9H10Cl3F2NO. The van der Waals surface area contributed by atoms with Crippen LogP contribution >= 0.6 is 35.6 Å². The minimum absolute atomic E-state index is 0. The molecule has 0 bridgehead atoms. The van der Waals surface area contributed by atoms with E-state index in [-0.39, 0.29) is 28.0 Å². The molecule has 0 aliphatic heterocycles. The summed E-state index contributed by atoms with van der Waals surface area (Å²) >= 11 is 11.4. The van der Waals surface area contributed by atoms with E-state index in [0.29, 0.717) is 0 Å². The van der Waals surface area contributed by atoms with Gasteiger partial charge in [-0.1, -0.05) is 35.3 Å². The van der Waals surface area contributed by atoms with Crippen LogP contribution in [0.2, 0.25) is 10.0 Å². The van der Waals surface area contributed by atoms with E-state index in [9.17, 15) is 8.78 Å². The van der Waals surface area contributed by atoms with E-state index in [1.165, 1.54) is 18.2 Å². The molecule has 92 valence electrons. The Kier molecular flexibility index (Phi) is 5.93. The number of rotatable bonds is 3. The zero-order chi connectivity index (χ0) is 11.6. The van der Waals surface area contributed by atoms with Crippen molar-refractivity contribution in [2.75, 3.05) is 6.61 Å². The lowest BCUT2D eigenvalue weighted by molar-refractivity contribution is -0.0711. The first-order chi connectivity index (χ1) is 6.90. The molecule has 0 saturated carbocycles. The standard InChI is InChI=1S/C9H9Cl2F2NO.ClH/c10-6-3-1-2-5(7(6)11)8(14)9(12,13)4-15;/h1-3,8,15H,4,14H2;1H/t8-;/m0./s1. The molecule has 0 fully saturated rings. The number of halogens is 5. The van der Waals surface area contributed by atoms with Gasteiger partial charge in [-0.3, -0.25) is 0 Å². The van der Waals surface area contributed by atoms with E-state index in [2.05, 4.69) is 0 Å². The Labute approximate surface area is 108 Å². The van der Waals surface area contributed by atoms with Crippen LogP contribution in [0.5, 0.6) is 0 Å². The molecule has 0 aliphatic carbocycles. The fraction of sp³-hybridized carbons (Fsp3) is 0.333. The molecule has 0 radical (unpaired) electrons. The molecule has 1 atom stereocenters. The van der Waals surface area contributed by atoms with Crippen LogP contribution in [0, 0.1) is 0 Å². The summed E-state index contributed by atoms with van der Waals surface area (Å²) in [6.45, 7) is -1.34. The number of hydrogen-bond donors (Lipinski definition) is 2. The normalized spacial score (nSPS) is 13.1. The van der Waals surface area contributed by atoms with Gasteiger partial charge in [-0.25, -0.2) is 8.78 Å². The largest absolute Gasteiger partial charge is 0.390 e. The smallest absolute Gasteiger partial charge is 0.289 e. The van der Waals surface area contributed by atoms with Gasteiger partial charge in [-0.15, -0.1) is 12.4 Å². The third-order valence-corrected chi connectivity index (χ3v) is 2.82. The van der Waals surface area contributed by atoms with Crippen molar-refractivity contribution in [3.05, 3.63) is 33.8 Å². The maximum Gasteiger partial charge on any atom is 0.289 e. The van der Waals surface area contributed by atoms with Crippen molar-refractivity contribution >= 4 is 35.6 Å². The van der Waals surface area contributed by atoms with E-state index in [0.717, 1.165) is 0 Å². The van der Waals surface area contributed by atoms with E-state index < -0.39 is 18.6 Å². The van der Waals surface area contributed by atoms with E-state index >= 15 is 0 Å². The molecule has 1 rings (SSSR count). The van der Waals surface area contributed by atoms with Crippen molar-refractivity contribution < 1.29 is 13.9 Å². The third-order valence-electron chi connectivity index (χ3n) is 1.98. The van der Waals surface area contributed by atoms with Gasteiger partial charge in [0.15, 0.2) is 0 Å². The Morgan fingerprint density at radius 1 is 1.38 bits per heavy atom. The number of aliphatic hydroxyl groups is 1. The van der Waals surface area contributed by atoms with Gasteiger partial charge in [-0.2, -0.15) is 0 Å². The molecule has 0 saturated heterocycles. The van der Waals surface area contributed by atoms with Gasteiger partial charge in [0.1, 0.15) is 6.61 Å². The lowest BCUT2D eigenvalue weighted by Crippen LogP contribution is -2.36. The first kappa shape index (κ1) is 15.9. The topological polar surface area (TPSA) is 46.2 Å². The number of benzene rings is 1. The molecule has 1 aromatic rings. The van der Waals surface area contributed by atoms with Crippen molar-refractivity contribution in [3.8, 4) is 0 Å². The summed E-state index contributed by atoms with van der Waals surface area (Å²) in [6, 6.07) is 2.62. The molecular weight excluding hydrogens is 282 g/mol. The van der Waals surface area contributed by atoms with Gasteiger partial charge in [-0.05, 0) is 11.6 Å². The third kappa shape index (κ3) is 3.18. The first-order valence-corrected chi connectivity index (χ1v) is 4.84. The monoisotopic (exact) mass is 291 g/mol. The van der Waals surface area contributed by atoms with Gasteiger partial charge in [0.05, 0.1) is 16.1 Å². The highest BCUT2D eigenvalue weighted by Gasteiger charge is 2.38. The van der Waals surface area contributed by atoms with Gasteiger partial charge < -0.3 is 10.8 Å². The van der Waals surface area contributed by atoms with E-state index in [1.54, 1.807) is 0 Å². The van der Waals surface area contributed by atoms with Gasteiger partial charge >= 0.3 is 0 Å². The average molecular weight is 293 g/mol. The Morgan fingerprint density at radius 3 is 2.44 bits per heavy atom. The highest BCUT2D eigenvalue weighted by molar-refractivity contribution is 6.42. The van der Waals surface area contributed by atoms with Gasteiger partial charge in [0.25, 0.3) is 5.92 Å². The van der Waals surface area contributed by atoms with Crippen molar-refractivity contribution in [2.24, 2.45) is 5.73 Å². The van der Waals surface area contributed by atoms with Gasteiger partial charge in [0.2, 0.25) is 0 Å². The number of aliphatic hydroxyl groups excluding tert-OH is 1. The minimum Gasteiger partial charge on any atom is -0.390 e. The lowest BCUT2D eigenvalue weighted by atomic mass is 10.0. The Balaban J connectivity index is 0.00000225. The molecule has 0 heterocycles. The van der Waals surface area contributed by atoms with Crippen LogP contribution in [-0.2, 0) is 0 Å². The summed E-state index contributed by atoms with van der Waals surface area (Å²) in [6.07, 6.45) is 0. The van der Waals surface area contributed by atoms with Crippen LogP contribution in [0.4, 0.5) is 8.78 Å². The molecule has 3 N–H and O–H groups in total. The summed E-state index contributed by atoms with van der Waals surface area (Å²) in [5.74, 6) is -3.42. The summed E-state index contributed by atoms with van der Waals surface area (Å²) in [5.41, 5.74) is 5.32. The Bertz CT molecular complexity index is 363. The second kappa shape index (κ2) is 5.98. The Morgan fingerprint density at radius 2 is 1.94 bits per heavy atom.